The summed E-state index contributed by atoms with van der Waals surface area (Å²) in [6, 6.07) is 0. The molecule has 0 aromatic rings. The Morgan fingerprint density at radius 1 is 1.58 bits per heavy atom. The van der Waals surface area contributed by atoms with E-state index in [9.17, 15) is 23.1 Å². The quantitative estimate of drug-likeness (QED) is 0.352. The van der Waals surface area contributed by atoms with Crippen LogP contribution in [0.5, 0.6) is 0 Å². The molecule has 0 N–H and O–H groups in total. The Morgan fingerprint density at radius 2 is 2.08 bits per heavy atom. The molecule has 0 heterocycles. The fourth-order valence-corrected chi connectivity index (χ4v) is 0.373. The van der Waals surface area contributed by atoms with E-state index >= 15 is 0 Å². The van der Waals surface area contributed by atoms with Gasteiger partial charge in [-0.3, -0.25) is 0 Å². The average molecular weight is 183 g/mol. The maximum absolute atomic E-state index is 11.5. The third-order valence-electron chi connectivity index (χ3n) is 0.815. The van der Waals surface area contributed by atoms with Crippen molar-refractivity contribution in [1.82, 2.24) is 0 Å². The van der Waals surface area contributed by atoms with Gasteiger partial charge in [-0.2, -0.15) is 13.2 Å². The molecule has 0 spiro atoms. The smallest absolute Gasteiger partial charge is 0.402 e. The number of hydrogen-bond acceptors (Lipinski definition) is 3. The molecule has 0 saturated heterocycles. The second-order valence-corrected chi connectivity index (χ2v) is 1.76. The highest BCUT2D eigenvalue weighted by molar-refractivity contribution is 5.82. The van der Waals surface area contributed by atoms with Crippen LogP contribution in [0, 0.1) is 0 Å². The average Bonchev–Trinajstić information content (AvgIpc) is 1.85. The van der Waals surface area contributed by atoms with E-state index in [1.807, 2.05) is 0 Å². The lowest BCUT2D eigenvalue weighted by Gasteiger charge is -2.14. The summed E-state index contributed by atoms with van der Waals surface area (Å²) in [5.74, 6) is -3.49. The minimum Gasteiger partial charge on any atom is -0.869 e. The molecule has 0 unspecified atom stereocenters. The predicted octanol–water partition coefficient (Wildman–Crippen LogP) is 0.356. The molecule has 0 saturated carbocycles. The van der Waals surface area contributed by atoms with E-state index in [0.29, 0.717) is 0 Å². The van der Waals surface area contributed by atoms with Crippen molar-refractivity contribution < 1.29 is 27.8 Å². The molecule has 0 amide bonds. The minimum atomic E-state index is -5.01. The van der Waals surface area contributed by atoms with Crippen LogP contribution in [-0.2, 0) is 9.53 Å². The zero-order valence-electron chi connectivity index (χ0n) is 6.14. The van der Waals surface area contributed by atoms with Crippen LogP contribution in [-0.4, -0.2) is 18.8 Å². The third kappa shape index (κ3) is 3.85. The van der Waals surface area contributed by atoms with Crippen molar-refractivity contribution in [3.63, 3.8) is 0 Å². The van der Waals surface area contributed by atoms with Crippen molar-refractivity contribution in [1.29, 1.82) is 0 Å². The number of carbonyl (C=O) groups is 1. The molecular weight excluding hydrogens is 177 g/mol. The first-order valence-corrected chi connectivity index (χ1v) is 3.00. The maximum Gasteiger partial charge on any atom is 0.402 e. The van der Waals surface area contributed by atoms with Gasteiger partial charge in [-0.05, 0) is 12.7 Å². The van der Waals surface area contributed by atoms with E-state index in [2.05, 4.69) is 4.74 Å². The van der Waals surface area contributed by atoms with Crippen molar-refractivity contribution in [3.05, 3.63) is 11.8 Å². The topological polar surface area (TPSA) is 49.4 Å². The van der Waals surface area contributed by atoms with Gasteiger partial charge in [0, 0.05) is 6.08 Å². The van der Waals surface area contributed by atoms with Crippen molar-refractivity contribution in [2.24, 2.45) is 0 Å². The van der Waals surface area contributed by atoms with Crippen molar-refractivity contribution in [2.75, 3.05) is 6.61 Å². The number of rotatable bonds is 2. The lowest BCUT2D eigenvalue weighted by Crippen LogP contribution is -2.24. The number of halogens is 3. The minimum absolute atomic E-state index is 0.0690. The highest BCUT2D eigenvalue weighted by Gasteiger charge is 2.26. The highest BCUT2D eigenvalue weighted by Crippen LogP contribution is 2.20. The lowest BCUT2D eigenvalue weighted by atomic mass is 10.4. The summed E-state index contributed by atoms with van der Waals surface area (Å²) in [4.78, 5) is 10.3. The molecule has 12 heavy (non-hydrogen) atoms. The van der Waals surface area contributed by atoms with Crippen LogP contribution < -0.4 is 5.11 Å². The summed E-state index contributed by atoms with van der Waals surface area (Å²) >= 11 is 0. The second kappa shape index (κ2) is 3.99. The van der Waals surface area contributed by atoms with E-state index in [1.54, 1.807) is 0 Å². The van der Waals surface area contributed by atoms with Gasteiger partial charge < -0.3 is 9.84 Å². The first-order valence-electron chi connectivity index (χ1n) is 3.00. The molecule has 0 fully saturated rings. The standard InChI is InChI=1S/C6H7F3O3/c1-2-12-5(11)3-4(10)6(7,8)9/h3,10H,2H2,1H3/p-1. The number of esters is 1. The van der Waals surface area contributed by atoms with Crippen LogP contribution in [0.2, 0.25) is 0 Å². The highest BCUT2D eigenvalue weighted by atomic mass is 19.4. The zero-order chi connectivity index (χ0) is 9.78. The molecule has 3 nitrogen and oxygen atoms in total. The van der Waals surface area contributed by atoms with Gasteiger partial charge in [0.25, 0.3) is 0 Å². The number of carbonyl (C=O) groups excluding carboxylic acids is 1. The fraction of sp³-hybridized carbons (Fsp3) is 0.500. The van der Waals surface area contributed by atoms with Crippen LogP contribution in [0.15, 0.2) is 11.8 Å². The zero-order valence-corrected chi connectivity index (χ0v) is 6.14. The van der Waals surface area contributed by atoms with Gasteiger partial charge in [-0.15, -0.1) is 0 Å². The maximum atomic E-state index is 11.5. The van der Waals surface area contributed by atoms with Crippen LogP contribution in [0.4, 0.5) is 13.2 Å². The van der Waals surface area contributed by atoms with Crippen LogP contribution in [0.3, 0.4) is 0 Å². The van der Waals surface area contributed by atoms with E-state index in [1.165, 1.54) is 6.92 Å². The van der Waals surface area contributed by atoms with Crippen molar-refractivity contribution >= 4 is 5.97 Å². The summed E-state index contributed by atoms with van der Waals surface area (Å²) in [6.07, 6.45) is -5.13. The Hall–Kier alpha value is -1.20. The molecule has 0 aromatic carbocycles. The Bertz CT molecular complexity index is 195. The van der Waals surface area contributed by atoms with Gasteiger partial charge in [0.1, 0.15) is 0 Å². The van der Waals surface area contributed by atoms with Gasteiger partial charge in [0.05, 0.1) is 6.61 Å². The molecule has 0 atom stereocenters. The number of alkyl halides is 3. The Balaban J connectivity index is 4.26. The van der Waals surface area contributed by atoms with Crippen LogP contribution in [0.25, 0.3) is 0 Å². The van der Waals surface area contributed by atoms with E-state index < -0.39 is 17.9 Å². The largest absolute Gasteiger partial charge is 0.869 e. The van der Waals surface area contributed by atoms with E-state index in [-0.39, 0.29) is 12.7 Å². The van der Waals surface area contributed by atoms with Crippen LogP contribution in [0.1, 0.15) is 6.92 Å². The van der Waals surface area contributed by atoms with Gasteiger partial charge in [-0.1, -0.05) is 0 Å². The van der Waals surface area contributed by atoms with Crippen molar-refractivity contribution in [3.8, 4) is 0 Å². The van der Waals surface area contributed by atoms with Gasteiger partial charge in [0.2, 0.25) is 0 Å². The first kappa shape index (κ1) is 10.8. The summed E-state index contributed by atoms with van der Waals surface area (Å²) in [5, 5.41) is 10.1. The normalized spacial score (nSPS) is 12.8. The SMILES string of the molecule is CCOC(=O)C=C([O-])C(F)(F)F. The molecule has 0 aliphatic rings. The molecule has 0 aliphatic carbocycles. The number of hydrogen-bond donors (Lipinski definition) is 0. The first-order chi connectivity index (χ1) is 5.38. The summed E-state index contributed by atoms with van der Waals surface area (Å²) < 4.78 is 38.5. The molecule has 70 valence electrons. The van der Waals surface area contributed by atoms with Gasteiger partial charge in [-0.25, -0.2) is 4.79 Å². The summed E-state index contributed by atoms with van der Waals surface area (Å²) in [6.45, 7) is 1.35. The van der Waals surface area contributed by atoms with Gasteiger partial charge in [0.15, 0.2) is 0 Å². The lowest BCUT2D eigenvalue weighted by molar-refractivity contribution is -0.360. The second-order valence-electron chi connectivity index (χ2n) is 1.76. The summed E-state index contributed by atoms with van der Waals surface area (Å²) in [5.41, 5.74) is 0. The van der Waals surface area contributed by atoms with Crippen molar-refractivity contribution in [2.45, 2.75) is 13.1 Å². The number of allylic oxidation sites excluding steroid dienone is 1. The number of ether oxygens (including phenoxy) is 1. The molecule has 0 rings (SSSR count). The fourth-order valence-electron chi connectivity index (χ4n) is 0.373. The molecular formula is C6H6F3O3-. The van der Waals surface area contributed by atoms with E-state index in [4.69, 9.17) is 0 Å². The molecule has 0 radical (unpaired) electrons. The van der Waals surface area contributed by atoms with Gasteiger partial charge >= 0.3 is 12.1 Å². The predicted molar refractivity (Wildman–Crippen MR) is 30.8 cm³/mol. The van der Waals surface area contributed by atoms with E-state index in [0.717, 1.165) is 0 Å². The Morgan fingerprint density at radius 3 is 2.42 bits per heavy atom. The third-order valence-corrected chi connectivity index (χ3v) is 0.815. The Labute approximate surface area is 66.4 Å². The molecule has 6 heteroatoms. The molecule has 0 aliphatic heterocycles. The Kier molecular flexibility index (Phi) is 3.59. The monoisotopic (exact) mass is 183 g/mol. The molecule has 0 bridgehead atoms. The summed E-state index contributed by atoms with van der Waals surface area (Å²) in [7, 11) is 0. The molecule has 0 aromatic heterocycles. The van der Waals surface area contributed by atoms with Crippen LogP contribution >= 0.6 is 0 Å².